The predicted octanol–water partition coefficient (Wildman–Crippen LogP) is 2.37. The molecule has 1 unspecified atom stereocenters. The molecule has 0 aromatic heterocycles. The van der Waals surface area contributed by atoms with Crippen molar-refractivity contribution in [3.8, 4) is 0 Å². The van der Waals surface area contributed by atoms with Crippen molar-refractivity contribution >= 4 is 25.7 Å². The highest BCUT2D eigenvalue weighted by Gasteiger charge is 2.21. The Morgan fingerprint density at radius 2 is 2.24 bits per heavy atom. The molecule has 0 amide bonds. The summed E-state index contributed by atoms with van der Waals surface area (Å²) in [6.45, 7) is 3.36. The fourth-order valence-corrected chi connectivity index (χ4v) is 3.42. The van der Waals surface area contributed by atoms with Crippen molar-refractivity contribution in [3.63, 3.8) is 0 Å². The van der Waals surface area contributed by atoms with Crippen LogP contribution in [0.25, 0.3) is 0 Å². The zero-order valence-electron chi connectivity index (χ0n) is 11.7. The van der Waals surface area contributed by atoms with E-state index in [4.69, 9.17) is 20.2 Å². The van der Waals surface area contributed by atoms with E-state index in [-0.39, 0.29) is 23.0 Å². The van der Waals surface area contributed by atoms with Gasteiger partial charge in [0.25, 0.3) is 9.05 Å². The van der Waals surface area contributed by atoms with E-state index in [1.54, 1.807) is 12.1 Å². The SMILES string of the molecule is CCc1ccc(C(=O)OCC2CCOC2)cc1S(=O)(=O)Cl. The standard InChI is InChI=1S/C14H17ClO5S/c1-2-11-3-4-12(7-13(11)21(15,17)18)14(16)20-9-10-5-6-19-8-10/h3-4,7,10H,2,5-6,8-9H2,1H3. The molecule has 0 spiro atoms. The molecule has 0 bridgehead atoms. The summed E-state index contributed by atoms with van der Waals surface area (Å²) in [5.74, 6) is -0.341. The first-order valence-electron chi connectivity index (χ1n) is 6.74. The summed E-state index contributed by atoms with van der Waals surface area (Å²) in [4.78, 5) is 11.9. The van der Waals surface area contributed by atoms with E-state index >= 15 is 0 Å². The van der Waals surface area contributed by atoms with E-state index in [0.29, 0.717) is 25.2 Å². The van der Waals surface area contributed by atoms with E-state index in [1.165, 1.54) is 6.07 Å². The third-order valence-electron chi connectivity index (χ3n) is 3.42. The number of ether oxygens (including phenoxy) is 2. The maximum Gasteiger partial charge on any atom is 0.338 e. The van der Waals surface area contributed by atoms with Crippen molar-refractivity contribution in [2.24, 2.45) is 5.92 Å². The van der Waals surface area contributed by atoms with Crippen LogP contribution in [-0.2, 0) is 24.9 Å². The molecule has 0 saturated carbocycles. The molecule has 116 valence electrons. The summed E-state index contributed by atoms with van der Waals surface area (Å²) in [5.41, 5.74) is 0.760. The van der Waals surface area contributed by atoms with Crippen LogP contribution in [0.15, 0.2) is 23.1 Å². The van der Waals surface area contributed by atoms with Gasteiger partial charge in [-0.25, -0.2) is 13.2 Å². The van der Waals surface area contributed by atoms with Gasteiger partial charge in [0.1, 0.15) is 0 Å². The Morgan fingerprint density at radius 3 is 2.81 bits per heavy atom. The first-order chi connectivity index (χ1) is 9.91. The second-order valence-corrected chi connectivity index (χ2v) is 7.48. The van der Waals surface area contributed by atoms with Crippen molar-refractivity contribution in [2.45, 2.75) is 24.7 Å². The van der Waals surface area contributed by atoms with Crippen LogP contribution in [0.4, 0.5) is 0 Å². The van der Waals surface area contributed by atoms with Crippen molar-refractivity contribution in [3.05, 3.63) is 29.3 Å². The number of carbonyl (C=O) groups is 1. The van der Waals surface area contributed by atoms with Gasteiger partial charge in [-0.3, -0.25) is 0 Å². The summed E-state index contributed by atoms with van der Waals surface area (Å²) in [7, 11) is 1.52. The van der Waals surface area contributed by atoms with Crippen LogP contribution in [0.1, 0.15) is 29.3 Å². The van der Waals surface area contributed by atoms with Crippen LogP contribution < -0.4 is 0 Å². The van der Waals surface area contributed by atoms with Crippen LogP contribution in [-0.4, -0.2) is 34.2 Å². The number of aryl methyl sites for hydroxylation is 1. The van der Waals surface area contributed by atoms with Gasteiger partial charge in [-0.2, -0.15) is 0 Å². The van der Waals surface area contributed by atoms with Crippen molar-refractivity contribution in [2.75, 3.05) is 19.8 Å². The van der Waals surface area contributed by atoms with Gasteiger partial charge in [0.2, 0.25) is 0 Å². The van der Waals surface area contributed by atoms with Gasteiger partial charge in [-0.15, -0.1) is 0 Å². The molecular formula is C14H17ClO5S. The molecule has 1 aromatic rings. The molecule has 1 fully saturated rings. The molecule has 0 N–H and O–H groups in total. The van der Waals surface area contributed by atoms with Gasteiger partial charge in [-0.05, 0) is 30.5 Å². The van der Waals surface area contributed by atoms with Gasteiger partial charge in [0.05, 0.1) is 23.7 Å². The van der Waals surface area contributed by atoms with Gasteiger partial charge in [-0.1, -0.05) is 13.0 Å². The number of rotatable bonds is 5. The number of benzene rings is 1. The lowest BCUT2D eigenvalue weighted by atomic mass is 10.1. The summed E-state index contributed by atoms with van der Waals surface area (Å²) >= 11 is 0. The average Bonchev–Trinajstić information content (AvgIpc) is 2.96. The molecule has 21 heavy (non-hydrogen) atoms. The molecule has 1 saturated heterocycles. The van der Waals surface area contributed by atoms with Crippen LogP contribution in [0.5, 0.6) is 0 Å². The number of halogens is 1. The monoisotopic (exact) mass is 332 g/mol. The van der Waals surface area contributed by atoms with Crippen molar-refractivity contribution in [1.82, 2.24) is 0 Å². The van der Waals surface area contributed by atoms with E-state index in [1.807, 2.05) is 6.92 Å². The van der Waals surface area contributed by atoms with E-state index in [0.717, 1.165) is 6.42 Å². The Balaban J connectivity index is 2.13. The minimum atomic E-state index is -3.89. The predicted molar refractivity (Wildman–Crippen MR) is 78.1 cm³/mol. The molecule has 1 atom stereocenters. The smallest absolute Gasteiger partial charge is 0.338 e. The fourth-order valence-electron chi connectivity index (χ4n) is 2.19. The van der Waals surface area contributed by atoms with Crippen molar-refractivity contribution in [1.29, 1.82) is 0 Å². The summed E-state index contributed by atoms with van der Waals surface area (Å²) in [6.07, 6.45) is 1.37. The van der Waals surface area contributed by atoms with E-state index < -0.39 is 15.0 Å². The summed E-state index contributed by atoms with van der Waals surface area (Å²) < 4.78 is 33.5. The highest BCUT2D eigenvalue weighted by molar-refractivity contribution is 8.13. The average molecular weight is 333 g/mol. The molecule has 7 heteroatoms. The van der Waals surface area contributed by atoms with Gasteiger partial charge >= 0.3 is 5.97 Å². The largest absolute Gasteiger partial charge is 0.462 e. The molecule has 0 aliphatic carbocycles. The minimum absolute atomic E-state index is 0.0367. The van der Waals surface area contributed by atoms with Gasteiger partial charge in [0, 0.05) is 23.2 Å². The highest BCUT2D eigenvalue weighted by atomic mass is 35.7. The third-order valence-corrected chi connectivity index (χ3v) is 4.82. The molecular weight excluding hydrogens is 316 g/mol. The Morgan fingerprint density at radius 1 is 1.48 bits per heavy atom. The lowest BCUT2D eigenvalue weighted by Crippen LogP contribution is -2.15. The first-order valence-corrected chi connectivity index (χ1v) is 9.05. The topological polar surface area (TPSA) is 69.7 Å². The van der Waals surface area contributed by atoms with Crippen molar-refractivity contribution < 1.29 is 22.7 Å². The number of hydrogen-bond acceptors (Lipinski definition) is 5. The number of esters is 1. The fraction of sp³-hybridized carbons (Fsp3) is 0.500. The summed E-state index contributed by atoms with van der Waals surface area (Å²) in [6, 6.07) is 4.41. The molecule has 1 aliphatic heterocycles. The molecule has 5 nitrogen and oxygen atoms in total. The van der Waals surface area contributed by atoms with Crippen LogP contribution in [0.2, 0.25) is 0 Å². The normalized spacial score (nSPS) is 18.7. The maximum absolute atomic E-state index is 12.0. The molecule has 2 rings (SSSR count). The minimum Gasteiger partial charge on any atom is -0.462 e. The van der Waals surface area contributed by atoms with E-state index in [2.05, 4.69) is 0 Å². The van der Waals surface area contributed by atoms with Crippen LogP contribution in [0, 0.1) is 5.92 Å². The van der Waals surface area contributed by atoms with Gasteiger partial charge < -0.3 is 9.47 Å². The number of hydrogen-bond donors (Lipinski definition) is 0. The van der Waals surface area contributed by atoms with Crippen LogP contribution >= 0.6 is 10.7 Å². The summed E-state index contributed by atoms with van der Waals surface area (Å²) in [5, 5.41) is 0. The van der Waals surface area contributed by atoms with Gasteiger partial charge in [0.15, 0.2) is 0 Å². The molecule has 0 radical (unpaired) electrons. The quantitative estimate of drug-likeness (QED) is 0.611. The number of carbonyl (C=O) groups excluding carboxylic acids is 1. The van der Waals surface area contributed by atoms with E-state index in [9.17, 15) is 13.2 Å². The molecule has 1 aromatic carbocycles. The Kier molecular flexibility index (Phi) is 5.24. The third kappa shape index (κ3) is 4.18. The van der Waals surface area contributed by atoms with Crippen LogP contribution in [0.3, 0.4) is 0 Å². The molecule has 1 aliphatic rings. The lowest BCUT2D eigenvalue weighted by Gasteiger charge is -2.10. The second kappa shape index (κ2) is 6.77. The Bertz CT molecular complexity index is 620. The zero-order chi connectivity index (χ0) is 15.5. The zero-order valence-corrected chi connectivity index (χ0v) is 13.2. The molecule has 1 heterocycles. The first kappa shape index (κ1) is 16.3. The lowest BCUT2D eigenvalue weighted by molar-refractivity contribution is 0.0428. The highest BCUT2D eigenvalue weighted by Crippen LogP contribution is 2.23. The maximum atomic E-state index is 12.0. The second-order valence-electron chi connectivity index (χ2n) is 4.94. The Hall–Kier alpha value is -1.11. The Labute approximate surface area is 128 Å².